The van der Waals surface area contributed by atoms with Crippen LogP contribution >= 0.6 is 11.3 Å². The topological polar surface area (TPSA) is 59.2 Å². The number of thiophene rings is 1. The Kier molecular flexibility index (Phi) is 4.43. The second-order valence-corrected chi connectivity index (χ2v) is 7.23. The van der Waals surface area contributed by atoms with E-state index in [0.29, 0.717) is 24.0 Å². The molecule has 22 heavy (non-hydrogen) atoms. The summed E-state index contributed by atoms with van der Waals surface area (Å²) < 4.78 is 0. The van der Waals surface area contributed by atoms with E-state index in [1.807, 2.05) is 4.90 Å². The smallest absolute Gasteiger partial charge is 0.273 e. The predicted octanol–water partition coefficient (Wildman–Crippen LogP) is 3.62. The number of anilines is 1. The van der Waals surface area contributed by atoms with Crippen LogP contribution in [0.5, 0.6) is 0 Å². The van der Waals surface area contributed by atoms with Gasteiger partial charge >= 0.3 is 0 Å². The number of amides is 1. The molecule has 0 saturated heterocycles. The number of rotatable bonds is 4. The van der Waals surface area contributed by atoms with Gasteiger partial charge in [-0.1, -0.05) is 12.8 Å². The molecule has 1 amide bonds. The van der Waals surface area contributed by atoms with Gasteiger partial charge in [-0.2, -0.15) is 0 Å². The van der Waals surface area contributed by atoms with Gasteiger partial charge in [-0.05, 0) is 44.0 Å². The Hall–Kier alpha value is -1.88. The zero-order valence-electron chi connectivity index (χ0n) is 12.8. The Balaban J connectivity index is 1.85. The molecular formula is C17H21N3OS. The van der Waals surface area contributed by atoms with E-state index in [4.69, 9.17) is 5.73 Å². The van der Waals surface area contributed by atoms with Crippen LogP contribution in [0.15, 0.2) is 30.5 Å². The summed E-state index contributed by atoms with van der Waals surface area (Å²) >= 11 is 1.75. The van der Waals surface area contributed by atoms with Crippen molar-refractivity contribution in [3.05, 3.63) is 45.9 Å². The van der Waals surface area contributed by atoms with Crippen molar-refractivity contribution in [2.45, 2.75) is 45.2 Å². The SMILES string of the molecule is Cc1ccc(CN(C(=O)c2cc(N)ccn2)C2CCCC2)s1. The molecule has 5 heteroatoms. The summed E-state index contributed by atoms with van der Waals surface area (Å²) in [5.41, 5.74) is 6.82. The lowest BCUT2D eigenvalue weighted by atomic mass is 10.1. The summed E-state index contributed by atoms with van der Waals surface area (Å²) in [6.07, 6.45) is 6.16. The molecule has 0 spiro atoms. The highest BCUT2D eigenvalue weighted by molar-refractivity contribution is 7.11. The standard InChI is InChI=1S/C17H21N3OS/c1-12-6-7-15(22-12)11-20(14-4-2-3-5-14)17(21)16-10-13(18)8-9-19-16/h6-10,14H,2-5,11H2,1H3,(H2,18,19). The number of aryl methyl sites for hydroxylation is 1. The molecule has 1 saturated carbocycles. The Morgan fingerprint density at radius 2 is 2.14 bits per heavy atom. The molecule has 0 aliphatic heterocycles. The maximum atomic E-state index is 12.9. The molecule has 0 radical (unpaired) electrons. The fourth-order valence-electron chi connectivity index (χ4n) is 3.03. The highest BCUT2D eigenvalue weighted by atomic mass is 32.1. The molecule has 0 atom stereocenters. The van der Waals surface area contributed by atoms with Gasteiger partial charge in [0.1, 0.15) is 5.69 Å². The van der Waals surface area contributed by atoms with Crippen LogP contribution in [0.1, 0.15) is 45.9 Å². The van der Waals surface area contributed by atoms with Gasteiger partial charge in [-0.15, -0.1) is 11.3 Å². The number of nitrogens with zero attached hydrogens (tertiary/aromatic N) is 2. The number of nitrogens with two attached hydrogens (primary N) is 1. The summed E-state index contributed by atoms with van der Waals surface area (Å²) in [5.74, 6) is -0.00902. The number of hydrogen-bond donors (Lipinski definition) is 1. The van der Waals surface area contributed by atoms with Crippen molar-refractivity contribution >= 4 is 22.9 Å². The van der Waals surface area contributed by atoms with Crippen molar-refractivity contribution in [1.29, 1.82) is 0 Å². The second kappa shape index (κ2) is 6.48. The number of carbonyl (C=O) groups is 1. The third-order valence-corrected chi connectivity index (χ3v) is 5.14. The molecule has 2 heterocycles. The predicted molar refractivity (Wildman–Crippen MR) is 89.8 cm³/mol. The maximum Gasteiger partial charge on any atom is 0.273 e. The number of nitrogen functional groups attached to an aromatic ring is 1. The average Bonchev–Trinajstić information content (AvgIpc) is 3.15. The molecule has 4 nitrogen and oxygen atoms in total. The van der Waals surface area contributed by atoms with Crippen molar-refractivity contribution < 1.29 is 4.79 Å². The van der Waals surface area contributed by atoms with Gasteiger partial charge in [0, 0.05) is 27.7 Å². The zero-order valence-corrected chi connectivity index (χ0v) is 13.6. The summed E-state index contributed by atoms with van der Waals surface area (Å²) in [7, 11) is 0. The summed E-state index contributed by atoms with van der Waals surface area (Å²) in [5, 5.41) is 0. The summed E-state index contributed by atoms with van der Waals surface area (Å²) in [6.45, 7) is 2.76. The van der Waals surface area contributed by atoms with Gasteiger partial charge in [0.2, 0.25) is 0 Å². The van der Waals surface area contributed by atoms with Crippen LogP contribution < -0.4 is 5.73 Å². The lowest BCUT2D eigenvalue weighted by Gasteiger charge is -2.28. The van der Waals surface area contributed by atoms with E-state index in [1.54, 1.807) is 29.7 Å². The normalized spacial score (nSPS) is 15.1. The first-order chi connectivity index (χ1) is 10.6. The number of carbonyl (C=O) groups excluding carboxylic acids is 1. The van der Waals surface area contributed by atoms with E-state index in [0.717, 1.165) is 12.8 Å². The summed E-state index contributed by atoms with van der Waals surface area (Å²) in [4.78, 5) is 21.6. The minimum absolute atomic E-state index is 0.00902. The highest BCUT2D eigenvalue weighted by Gasteiger charge is 2.28. The molecule has 0 aromatic carbocycles. The van der Waals surface area contributed by atoms with Gasteiger partial charge in [-0.3, -0.25) is 9.78 Å². The molecule has 0 bridgehead atoms. The quantitative estimate of drug-likeness (QED) is 0.937. The first-order valence-corrected chi connectivity index (χ1v) is 8.53. The van der Waals surface area contributed by atoms with Gasteiger partial charge < -0.3 is 10.6 Å². The Morgan fingerprint density at radius 1 is 1.36 bits per heavy atom. The fourth-order valence-corrected chi connectivity index (χ4v) is 3.92. The summed E-state index contributed by atoms with van der Waals surface area (Å²) in [6, 6.07) is 7.92. The lowest BCUT2D eigenvalue weighted by molar-refractivity contribution is 0.0660. The Morgan fingerprint density at radius 3 is 2.77 bits per heavy atom. The van der Waals surface area contributed by atoms with Crippen LogP contribution in [-0.4, -0.2) is 21.8 Å². The molecule has 1 aliphatic rings. The molecule has 2 N–H and O–H groups in total. The Labute approximate surface area is 135 Å². The van der Waals surface area contributed by atoms with E-state index in [1.165, 1.54) is 22.6 Å². The van der Waals surface area contributed by atoms with Crippen LogP contribution in [0.3, 0.4) is 0 Å². The first-order valence-electron chi connectivity index (χ1n) is 7.71. The molecule has 116 valence electrons. The van der Waals surface area contributed by atoms with Gasteiger partial charge in [0.05, 0.1) is 6.54 Å². The Bertz CT molecular complexity index is 661. The molecule has 3 rings (SSSR count). The molecular weight excluding hydrogens is 294 g/mol. The van der Waals surface area contributed by atoms with Crippen molar-refractivity contribution in [2.75, 3.05) is 5.73 Å². The van der Waals surface area contributed by atoms with E-state index >= 15 is 0 Å². The second-order valence-electron chi connectivity index (χ2n) is 5.86. The van der Waals surface area contributed by atoms with Gasteiger partial charge in [0.25, 0.3) is 5.91 Å². The average molecular weight is 315 g/mol. The van der Waals surface area contributed by atoms with Crippen molar-refractivity contribution in [1.82, 2.24) is 9.88 Å². The number of aromatic nitrogens is 1. The number of hydrogen-bond acceptors (Lipinski definition) is 4. The molecule has 0 unspecified atom stereocenters. The van der Waals surface area contributed by atoms with Crippen LogP contribution in [0.4, 0.5) is 5.69 Å². The molecule has 2 aromatic rings. The lowest BCUT2D eigenvalue weighted by Crippen LogP contribution is -2.38. The van der Waals surface area contributed by atoms with Crippen LogP contribution in [0, 0.1) is 6.92 Å². The first kappa shape index (κ1) is 15.0. The van der Waals surface area contributed by atoms with E-state index in [9.17, 15) is 4.79 Å². The molecule has 2 aromatic heterocycles. The van der Waals surface area contributed by atoms with E-state index < -0.39 is 0 Å². The maximum absolute atomic E-state index is 12.9. The largest absolute Gasteiger partial charge is 0.399 e. The van der Waals surface area contributed by atoms with Crippen molar-refractivity contribution in [3.8, 4) is 0 Å². The highest BCUT2D eigenvalue weighted by Crippen LogP contribution is 2.28. The minimum Gasteiger partial charge on any atom is -0.399 e. The van der Waals surface area contributed by atoms with E-state index in [-0.39, 0.29) is 5.91 Å². The van der Waals surface area contributed by atoms with Crippen molar-refractivity contribution in [3.63, 3.8) is 0 Å². The van der Waals surface area contributed by atoms with Crippen molar-refractivity contribution in [2.24, 2.45) is 0 Å². The monoisotopic (exact) mass is 315 g/mol. The van der Waals surface area contributed by atoms with Gasteiger partial charge in [-0.25, -0.2) is 0 Å². The molecule has 1 aliphatic carbocycles. The third-order valence-electron chi connectivity index (χ3n) is 4.15. The third kappa shape index (κ3) is 3.30. The van der Waals surface area contributed by atoms with Crippen LogP contribution in [-0.2, 0) is 6.54 Å². The number of pyridine rings is 1. The zero-order chi connectivity index (χ0) is 15.5. The van der Waals surface area contributed by atoms with Crippen LogP contribution in [0.2, 0.25) is 0 Å². The minimum atomic E-state index is -0.00902. The van der Waals surface area contributed by atoms with Crippen LogP contribution in [0.25, 0.3) is 0 Å². The molecule has 1 fully saturated rings. The van der Waals surface area contributed by atoms with E-state index in [2.05, 4.69) is 24.0 Å². The van der Waals surface area contributed by atoms with Gasteiger partial charge in [0.15, 0.2) is 0 Å². The fraction of sp³-hybridized carbons (Fsp3) is 0.412.